The Labute approximate surface area is 80.4 Å². The smallest absolute Gasteiger partial charge is 0.0270 e. The Balaban J connectivity index is 2.72. The van der Waals surface area contributed by atoms with E-state index in [4.69, 9.17) is 0 Å². The van der Waals surface area contributed by atoms with Crippen LogP contribution in [0.2, 0.25) is 0 Å². The fourth-order valence-electron chi connectivity index (χ4n) is 1.71. The second kappa shape index (κ2) is 4.97. The van der Waals surface area contributed by atoms with E-state index in [9.17, 15) is 0 Å². The van der Waals surface area contributed by atoms with Gasteiger partial charge in [-0.1, -0.05) is 13.8 Å². The van der Waals surface area contributed by atoms with Crippen molar-refractivity contribution in [1.29, 1.82) is 0 Å². The largest absolute Gasteiger partial charge is 0.316 e. The molecule has 0 aliphatic carbocycles. The van der Waals surface area contributed by atoms with Crippen LogP contribution in [0.4, 0.5) is 0 Å². The highest BCUT2D eigenvalue weighted by Crippen LogP contribution is 2.19. The molecule has 1 heterocycles. The van der Waals surface area contributed by atoms with E-state index in [0.29, 0.717) is 12.0 Å². The molecule has 0 spiro atoms. The Morgan fingerprint density at radius 3 is 2.46 bits per heavy atom. The highest BCUT2D eigenvalue weighted by Gasteiger charge is 2.14. The molecule has 0 aliphatic rings. The van der Waals surface area contributed by atoms with Crippen LogP contribution in [0.3, 0.4) is 0 Å². The van der Waals surface area contributed by atoms with Crippen molar-refractivity contribution < 1.29 is 0 Å². The molecule has 2 unspecified atom stereocenters. The van der Waals surface area contributed by atoms with Gasteiger partial charge in [0.2, 0.25) is 0 Å². The molecular formula is C11H18N2. The topological polar surface area (TPSA) is 24.9 Å². The van der Waals surface area contributed by atoms with Gasteiger partial charge in [0.15, 0.2) is 0 Å². The minimum absolute atomic E-state index is 0.554. The molecule has 0 radical (unpaired) electrons. The third-order valence-corrected chi connectivity index (χ3v) is 2.65. The van der Waals surface area contributed by atoms with E-state index in [2.05, 4.69) is 36.3 Å². The average molecular weight is 178 g/mol. The molecule has 0 bridgehead atoms. The summed E-state index contributed by atoms with van der Waals surface area (Å²) >= 11 is 0. The molecule has 0 fully saturated rings. The maximum atomic E-state index is 4.02. The molecule has 1 N–H and O–H groups in total. The lowest BCUT2D eigenvalue weighted by Crippen LogP contribution is -2.29. The van der Waals surface area contributed by atoms with Crippen molar-refractivity contribution in [3.05, 3.63) is 30.1 Å². The Bertz CT molecular complexity index is 229. The first-order chi connectivity index (χ1) is 6.29. The normalized spacial score (nSPS) is 15.3. The van der Waals surface area contributed by atoms with Gasteiger partial charge in [0.05, 0.1) is 0 Å². The standard InChI is InChI=1S/C11H18N2/c1-4-11(12-3)9(2)10-5-7-13-8-6-10/h5-9,11-12H,4H2,1-3H3. The SMILES string of the molecule is CCC(NC)C(C)c1ccncc1. The van der Waals surface area contributed by atoms with E-state index < -0.39 is 0 Å². The van der Waals surface area contributed by atoms with Crippen molar-refractivity contribution >= 4 is 0 Å². The zero-order chi connectivity index (χ0) is 9.68. The van der Waals surface area contributed by atoms with Crippen LogP contribution in [0.1, 0.15) is 31.7 Å². The van der Waals surface area contributed by atoms with E-state index in [1.165, 1.54) is 5.56 Å². The molecule has 72 valence electrons. The Hall–Kier alpha value is -0.890. The first-order valence-electron chi connectivity index (χ1n) is 4.86. The molecule has 1 aromatic rings. The fraction of sp³-hybridized carbons (Fsp3) is 0.545. The van der Waals surface area contributed by atoms with Gasteiger partial charge in [0, 0.05) is 18.4 Å². The number of rotatable bonds is 4. The van der Waals surface area contributed by atoms with Crippen LogP contribution in [-0.2, 0) is 0 Å². The number of likely N-dealkylation sites (N-methyl/N-ethyl adjacent to an activating group) is 1. The minimum atomic E-state index is 0.554. The van der Waals surface area contributed by atoms with Crippen molar-refractivity contribution in [2.45, 2.75) is 32.2 Å². The molecule has 0 saturated heterocycles. The molecule has 0 aromatic carbocycles. The predicted molar refractivity (Wildman–Crippen MR) is 55.8 cm³/mol. The summed E-state index contributed by atoms with van der Waals surface area (Å²) in [5.74, 6) is 0.554. The third-order valence-electron chi connectivity index (χ3n) is 2.65. The van der Waals surface area contributed by atoms with E-state index in [0.717, 1.165) is 6.42 Å². The van der Waals surface area contributed by atoms with Gasteiger partial charge in [0.25, 0.3) is 0 Å². The van der Waals surface area contributed by atoms with Gasteiger partial charge in [-0.15, -0.1) is 0 Å². The summed E-state index contributed by atoms with van der Waals surface area (Å²) in [5.41, 5.74) is 1.36. The number of aromatic nitrogens is 1. The average Bonchev–Trinajstić information content (AvgIpc) is 2.21. The summed E-state index contributed by atoms with van der Waals surface area (Å²) in [6.07, 6.45) is 4.86. The van der Waals surface area contributed by atoms with Gasteiger partial charge >= 0.3 is 0 Å². The molecule has 1 rings (SSSR count). The first kappa shape index (κ1) is 10.2. The van der Waals surface area contributed by atoms with Crippen molar-refractivity contribution in [2.24, 2.45) is 0 Å². The summed E-state index contributed by atoms with van der Waals surface area (Å²) < 4.78 is 0. The summed E-state index contributed by atoms with van der Waals surface area (Å²) in [5, 5.41) is 3.33. The van der Waals surface area contributed by atoms with E-state index >= 15 is 0 Å². The van der Waals surface area contributed by atoms with Crippen molar-refractivity contribution in [2.75, 3.05) is 7.05 Å². The number of nitrogens with one attached hydrogen (secondary N) is 1. The fourth-order valence-corrected chi connectivity index (χ4v) is 1.71. The number of hydrogen-bond donors (Lipinski definition) is 1. The second-order valence-corrected chi connectivity index (χ2v) is 3.37. The van der Waals surface area contributed by atoms with Crippen molar-refractivity contribution in [1.82, 2.24) is 10.3 Å². The molecular weight excluding hydrogens is 160 g/mol. The lowest BCUT2D eigenvalue weighted by atomic mass is 9.93. The summed E-state index contributed by atoms with van der Waals surface area (Å²) in [6.45, 7) is 4.46. The van der Waals surface area contributed by atoms with Gasteiger partial charge < -0.3 is 5.32 Å². The predicted octanol–water partition coefficient (Wildman–Crippen LogP) is 2.18. The summed E-state index contributed by atoms with van der Waals surface area (Å²) in [4.78, 5) is 4.02. The van der Waals surface area contributed by atoms with Crippen LogP contribution in [-0.4, -0.2) is 18.1 Å². The molecule has 2 heteroatoms. The monoisotopic (exact) mass is 178 g/mol. The van der Waals surface area contributed by atoms with Gasteiger partial charge in [-0.2, -0.15) is 0 Å². The maximum absolute atomic E-state index is 4.02. The third kappa shape index (κ3) is 2.52. The summed E-state index contributed by atoms with van der Waals surface area (Å²) in [7, 11) is 2.02. The van der Waals surface area contributed by atoms with Crippen LogP contribution in [0.15, 0.2) is 24.5 Å². The number of nitrogens with zero attached hydrogens (tertiary/aromatic N) is 1. The Morgan fingerprint density at radius 2 is 2.00 bits per heavy atom. The Morgan fingerprint density at radius 1 is 1.38 bits per heavy atom. The van der Waals surface area contributed by atoms with Crippen LogP contribution in [0, 0.1) is 0 Å². The maximum Gasteiger partial charge on any atom is 0.0270 e. The highest BCUT2D eigenvalue weighted by atomic mass is 14.9. The van der Waals surface area contributed by atoms with Gasteiger partial charge in [-0.25, -0.2) is 0 Å². The van der Waals surface area contributed by atoms with Crippen molar-refractivity contribution in [3.8, 4) is 0 Å². The van der Waals surface area contributed by atoms with Crippen LogP contribution in [0.5, 0.6) is 0 Å². The molecule has 1 aromatic heterocycles. The first-order valence-corrected chi connectivity index (χ1v) is 4.86. The molecule has 2 nitrogen and oxygen atoms in total. The molecule has 13 heavy (non-hydrogen) atoms. The van der Waals surface area contributed by atoms with E-state index in [1.807, 2.05) is 19.4 Å². The van der Waals surface area contributed by atoms with E-state index in [1.54, 1.807) is 0 Å². The lowest BCUT2D eigenvalue weighted by Gasteiger charge is -2.22. The number of pyridine rings is 1. The summed E-state index contributed by atoms with van der Waals surface area (Å²) in [6, 6.07) is 4.73. The van der Waals surface area contributed by atoms with Crippen LogP contribution < -0.4 is 5.32 Å². The molecule has 0 saturated carbocycles. The zero-order valence-electron chi connectivity index (χ0n) is 8.62. The molecule has 0 aliphatic heterocycles. The number of hydrogen-bond acceptors (Lipinski definition) is 2. The lowest BCUT2D eigenvalue weighted by molar-refractivity contribution is 0.472. The van der Waals surface area contributed by atoms with Gasteiger partial charge in [0.1, 0.15) is 0 Å². The van der Waals surface area contributed by atoms with Crippen LogP contribution in [0.25, 0.3) is 0 Å². The van der Waals surface area contributed by atoms with E-state index in [-0.39, 0.29) is 0 Å². The highest BCUT2D eigenvalue weighted by molar-refractivity contribution is 5.16. The quantitative estimate of drug-likeness (QED) is 0.764. The molecule has 2 atom stereocenters. The van der Waals surface area contributed by atoms with Gasteiger partial charge in [-0.05, 0) is 37.1 Å². The molecule has 0 amide bonds. The second-order valence-electron chi connectivity index (χ2n) is 3.37. The minimum Gasteiger partial charge on any atom is -0.316 e. The van der Waals surface area contributed by atoms with Gasteiger partial charge in [-0.3, -0.25) is 4.98 Å². The zero-order valence-corrected chi connectivity index (χ0v) is 8.62. The van der Waals surface area contributed by atoms with Crippen LogP contribution >= 0.6 is 0 Å². The van der Waals surface area contributed by atoms with Crippen molar-refractivity contribution in [3.63, 3.8) is 0 Å². The Kier molecular flexibility index (Phi) is 3.90.